The average Bonchev–Trinajstić information content (AvgIpc) is 2.35. The van der Waals surface area contributed by atoms with Crippen LogP contribution < -0.4 is 5.32 Å². The number of amides is 2. The minimum absolute atomic E-state index is 0.0595. The van der Waals surface area contributed by atoms with E-state index in [-0.39, 0.29) is 18.7 Å². The number of hydrogen-bond donors (Lipinski definition) is 2. The van der Waals surface area contributed by atoms with Crippen LogP contribution in [0.2, 0.25) is 5.02 Å². The van der Waals surface area contributed by atoms with Gasteiger partial charge in [0.1, 0.15) is 0 Å². The van der Waals surface area contributed by atoms with Gasteiger partial charge in [-0.15, -0.1) is 0 Å². The molecule has 94 valence electrons. The Morgan fingerprint density at radius 1 is 1.53 bits per heavy atom. The van der Waals surface area contributed by atoms with Crippen molar-refractivity contribution in [3.8, 4) is 0 Å². The number of aliphatic hydroxyl groups is 1. The summed E-state index contributed by atoms with van der Waals surface area (Å²) >= 11 is 5.97. The molecule has 0 heterocycles. The molecular weight excluding hydrogens is 240 g/mol. The lowest BCUT2D eigenvalue weighted by Crippen LogP contribution is -2.43. The predicted octanol–water partition coefficient (Wildman–Crippen LogP) is 1.86. The monoisotopic (exact) mass is 256 g/mol. The molecule has 0 fully saturated rings. The van der Waals surface area contributed by atoms with E-state index in [0.717, 1.165) is 5.56 Å². The summed E-state index contributed by atoms with van der Waals surface area (Å²) in [6.07, 6.45) is 0. The Hall–Kier alpha value is -1.26. The zero-order valence-corrected chi connectivity index (χ0v) is 10.7. The van der Waals surface area contributed by atoms with Gasteiger partial charge >= 0.3 is 6.03 Å². The van der Waals surface area contributed by atoms with Crippen molar-refractivity contribution in [2.75, 3.05) is 13.7 Å². The molecule has 1 unspecified atom stereocenters. The maximum Gasteiger partial charge on any atom is 0.317 e. The lowest BCUT2D eigenvalue weighted by Gasteiger charge is -2.23. The van der Waals surface area contributed by atoms with Crippen LogP contribution in [0.5, 0.6) is 0 Å². The van der Waals surface area contributed by atoms with Crippen molar-refractivity contribution in [1.29, 1.82) is 0 Å². The van der Waals surface area contributed by atoms with E-state index in [9.17, 15) is 4.79 Å². The topological polar surface area (TPSA) is 52.6 Å². The van der Waals surface area contributed by atoms with Crippen LogP contribution in [0, 0.1) is 0 Å². The summed E-state index contributed by atoms with van der Waals surface area (Å²) in [5, 5.41) is 12.3. The Morgan fingerprint density at radius 2 is 2.18 bits per heavy atom. The van der Waals surface area contributed by atoms with Crippen molar-refractivity contribution in [2.24, 2.45) is 0 Å². The van der Waals surface area contributed by atoms with E-state index in [2.05, 4.69) is 5.32 Å². The summed E-state index contributed by atoms with van der Waals surface area (Å²) in [6.45, 7) is 2.09. The van der Waals surface area contributed by atoms with Crippen LogP contribution in [0.25, 0.3) is 0 Å². The van der Waals surface area contributed by atoms with Crippen LogP contribution in [0.4, 0.5) is 4.79 Å². The normalized spacial score (nSPS) is 12.0. The number of carbonyl (C=O) groups is 1. The molecule has 0 saturated carbocycles. The second-order valence-corrected chi connectivity index (χ2v) is 4.30. The molecule has 0 aromatic heterocycles. The van der Waals surface area contributed by atoms with Crippen molar-refractivity contribution < 1.29 is 9.90 Å². The van der Waals surface area contributed by atoms with Gasteiger partial charge in [-0.2, -0.15) is 0 Å². The fourth-order valence-corrected chi connectivity index (χ4v) is 1.46. The van der Waals surface area contributed by atoms with Crippen molar-refractivity contribution >= 4 is 17.6 Å². The number of nitrogens with one attached hydrogen (secondary N) is 1. The zero-order chi connectivity index (χ0) is 12.8. The molecule has 1 aromatic carbocycles. The average molecular weight is 257 g/mol. The number of likely N-dealkylation sites (N-methyl/N-ethyl adjacent to an activating group) is 1. The number of urea groups is 1. The van der Waals surface area contributed by atoms with E-state index in [1.807, 2.05) is 18.2 Å². The molecule has 0 aliphatic carbocycles. The van der Waals surface area contributed by atoms with Gasteiger partial charge in [-0.05, 0) is 18.6 Å². The molecule has 1 atom stereocenters. The zero-order valence-electron chi connectivity index (χ0n) is 9.98. The van der Waals surface area contributed by atoms with Crippen molar-refractivity contribution in [2.45, 2.75) is 19.5 Å². The third-order valence-corrected chi connectivity index (χ3v) is 3.00. The molecular formula is C12H17ClN2O2. The number of hydrogen-bond acceptors (Lipinski definition) is 2. The Morgan fingerprint density at radius 3 is 2.76 bits per heavy atom. The van der Waals surface area contributed by atoms with Gasteiger partial charge in [0, 0.05) is 18.6 Å². The molecule has 2 amide bonds. The summed E-state index contributed by atoms with van der Waals surface area (Å²) in [6, 6.07) is 6.91. The molecule has 1 rings (SSSR count). The van der Waals surface area contributed by atoms with Gasteiger partial charge in [0.05, 0.1) is 12.6 Å². The van der Waals surface area contributed by atoms with Crippen molar-refractivity contribution in [3.05, 3.63) is 34.9 Å². The Labute approximate surface area is 106 Å². The number of aliphatic hydroxyl groups excluding tert-OH is 1. The number of nitrogens with zero attached hydrogens (tertiary/aromatic N) is 1. The second kappa shape index (κ2) is 6.47. The summed E-state index contributed by atoms with van der Waals surface area (Å²) in [4.78, 5) is 13.1. The van der Waals surface area contributed by atoms with Gasteiger partial charge in [0.25, 0.3) is 0 Å². The van der Waals surface area contributed by atoms with Crippen LogP contribution in [0.3, 0.4) is 0 Å². The highest BCUT2D eigenvalue weighted by molar-refractivity contribution is 6.31. The Bertz CT molecular complexity index is 385. The maximum absolute atomic E-state index is 11.7. The number of halogens is 1. The van der Waals surface area contributed by atoms with Crippen LogP contribution >= 0.6 is 11.6 Å². The summed E-state index contributed by atoms with van der Waals surface area (Å²) in [5.41, 5.74) is 0.868. The first-order valence-corrected chi connectivity index (χ1v) is 5.79. The highest BCUT2D eigenvalue weighted by atomic mass is 35.5. The summed E-state index contributed by atoms with van der Waals surface area (Å²) in [5.74, 6) is 0. The molecule has 4 nitrogen and oxygen atoms in total. The molecule has 17 heavy (non-hydrogen) atoms. The minimum atomic E-state index is -0.230. The molecule has 0 bridgehead atoms. The Balaban J connectivity index is 2.51. The van der Waals surface area contributed by atoms with E-state index < -0.39 is 0 Å². The van der Waals surface area contributed by atoms with Gasteiger partial charge in [0.15, 0.2) is 0 Å². The first-order valence-electron chi connectivity index (χ1n) is 5.41. The predicted molar refractivity (Wildman–Crippen MR) is 68.0 cm³/mol. The van der Waals surface area contributed by atoms with Crippen LogP contribution in [-0.2, 0) is 6.54 Å². The Kier molecular flexibility index (Phi) is 5.25. The molecule has 1 aromatic rings. The van der Waals surface area contributed by atoms with E-state index in [0.29, 0.717) is 11.6 Å². The van der Waals surface area contributed by atoms with Gasteiger partial charge < -0.3 is 15.3 Å². The number of rotatable bonds is 4. The number of carbonyl (C=O) groups excluding carboxylic acids is 1. The molecule has 2 N–H and O–H groups in total. The van der Waals surface area contributed by atoms with Gasteiger partial charge in [-0.25, -0.2) is 4.79 Å². The van der Waals surface area contributed by atoms with Gasteiger partial charge in [0.2, 0.25) is 0 Å². The molecule has 0 aliphatic rings. The molecule has 0 aliphatic heterocycles. The lowest BCUT2D eigenvalue weighted by molar-refractivity contribution is 0.157. The first-order chi connectivity index (χ1) is 8.06. The largest absolute Gasteiger partial charge is 0.394 e. The molecule has 0 saturated heterocycles. The van der Waals surface area contributed by atoms with Crippen molar-refractivity contribution in [1.82, 2.24) is 10.2 Å². The molecule has 5 heteroatoms. The molecule has 0 spiro atoms. The highest BCUT2D eigenvalue weighted by Crippen LogP contribution is 2.14. The molecule has 0 radical (unpaired) electrons. The van der Waals surface area contributed by atoms with Crippen molar-refractivity contribution in [3.63, 3.8) is 0 Å². The first kappa shape index (κ1) is 13.8. The highest BCUT2D eigenvalue weighted by Gasteiger charge is 2.14. The quantitative estimate of drug-likeness (QED) is 0.864. The standard InChI is InChI=1S/C12H17ClN2O2/c1-9(8-16)15(2)12(17)14-7-10-5-3-4-6-11(10)13/h3-6,9,16H,7-8H2,1-2H3,(H,14,17). The summed E-state index contributed by atoms with van der Waals surface area (Å²) < 4.78 is 0. The second-order valence-electron chi connectivity index (χ2n) is 3.89. The number of benzene rings is 1. The van der Waals surface area contributed by atoms with Crippen LogP contribution in [-0.4, -0.2) is 35.7 Å². The fourth-order valence-electron chi connectivity index (χ4n) is 1.26. The van der Waals surface area contributed by atoms with Crippen LogP contribution in [0.1, 0.15) is 12.5 Å². The minimum Gasteiger partial charge on any atom is -0.394 e. The third kappa shape index (κ3) is 3.91. The maximum atomic E-state index is 11.7. The van der Waals surface area contributed by atoms with E-state index >= 15 is 0 Å². The fraction of sp³-hybridized carbons (Fsp3) is 0.417. The lowest BCUT2D eigenvalue weighted by atomic mass is 10.2. The van der Waals surface area contributed by atoms with E-state index in [1.165, 1.54) is 4.90 Å². The van der Waals surface area contributed by atoms with Gasteiger partial charge in [-0.3, -0.25) is 0 Å². The van der Waals surface area contributed by atoms with E-state index in [4.69, 9.17) is 16.7 Å². The van der Waals surface area contributed by atoms with Gasteiger partial charge in [-0.1, -0.05) is 29.8 Å². The smallest absolute Gasteiger partial charge is 0.317 e. The SMILES string of the molecule is CC(CO)N(C)C(=O)NCc1ccccc1Cl. The van der Waals surface area contributed by atoms with Crippen LogP contribution in [0.15, 0.2) is 24.3 Å². The summed E-state index contributed by atoms with van der Waals surface area (Å²) in [7, 11) is 1.64. The third-order valence-electron chi connectivity index (χ3n) is 2.63. The van der Waals surface area contributed by atoms with E-state index in [1.54, 1.807) is 20.0 Å².